The minimum atomic E-state index is 0.632. The van der Waals surface area contributed by atoms with E-state index in [0.29, 0.717) is 11.4 Å². The number of rotatable bonds is 1. The maximum atomic E-state index is 5.84. The van der Waals surface area contributed by atoms with Crippen LogP contribution in [0.1, 0.15) is 5.56 Å². The summed E-state index contributed by atoms with van der Waals surface area (Å²) >= 11 is 0. The van der Waals surface area contributed by atoms with Crippen molar-refractivity contribution in [3.05, 3.63) is 24.2 Å². The Morgan fingerprint density at radius 2 is 1.87 bits per heavy atom. The average Bonchev–Trinajstić information content (AvgIpc) is 2.52. The SMILES string of the molecule is Cc1c(N)cncc1-c1c(N)cnn1C. The van der Waals surface area contributed by atoms with E-state index in [0.717, 1.165) is 16.8 Å². The van der Waals surface area contributed by atoms with Crippen LogP contribution in [0.25, 0.3) is 11.3 Å². The number of nitrogen functional groups attached to an aromatic ring is 2. The molecular formula is C10H13N5. The van der Waals surface area contributed by atoms with Gasteiger partial charge in [0.05, 0.1) is 29.5 Å². The van der Waals surface area contributed by atoms with E-state index in [9.17, 15) is 0 Å². The molecule has 0 atom stereocenters. The molecule has 5 heteroatoms. The standard InChI is InChI=1S/C10H13N5/c1-6-7(3-13-4-8(6)11)10-9(12)5-14-15(10)2/h3-5H,11-12H2,1-2H3. The van der Waals surface area contributed by atoms with Crippen molar-refractivity contribution in [2.45, 2.75) is 6.92 Å². The summed E-state index contributed by atoms with van der Waals surface area (Å²) in [5.41, 5.74) is 15.7. The Hall–Kier alpha value is -2.04. The van der Waals surface area contributed by atoms with Gasteiger partial charge in [-0.15, -0.1) is 0 Å². The van der Waals surface area contributed by atoms with Gasteiger partial charge >= 0.3 is 0 Å². The van der Waals surface area contributed by atoms with Crippen LogP contribution < -0.4 is 11.5 Å². The molecule has 0 aromatic carbocycles. The number of pyridine rings is 1. The second-order valence-electron chi connectivity index (χ2n) is 3.47. The Labute approximate surface area is 87.7 Å². The van der Waals surface area contributed by atoms with Crippen LogP contribution in [-0.2, 0) is 7.05 Å². The zero-order valence-corrected chi connectivity index (χ0v) is 8.73. The highest BCUT2D eigenvalue weighted by Gasteiger charge is 2.12. The summed E-state index contributed by atoms with van der Waals surface area (Å²) in [5, 5.41) is 4.09. The van der Waals surface area contributed by atoms with E-state index in [4.69, 9.17) is 11.5 Å². The Kier molecular flexibility index (Phi) is 2.07. The quantitative estimate of drug-likeness (QED) is 0.723. The van der Waals surface area contributed by atoms with E-state index in [1.54, 1.807) is 23.3 Å². The lowest BCUT2D eigenvalue weighted by Gasteiger charge is -2.08. The molecule has 0 radical (unpaired) electrons. The first kappa shape index (κ1) is 9.51. The summed E-state index contributed by atoms with van der Waals surface area (Å²) in [6, 6.07) is 0. The average molecular weight is 203 g/mol. The predicted octanol–water partition coefficient (Wildman–Crippen LogP) is 0.955. The Morgan fingerprint density at radius 1 is 1.13 bits per heavy atom. The molecule has 0 saturated carbocycles. The van der Waals surface area contributed by atoms with Crippen LogP contribution in [-0.4, -0.2) is 14.8 Å². The van der Waals surface area contributed by atoms with Gasteiger partial charge in [0.1, 0.15) is 0 Å². The normalized spacial score (nSPS) is 10.5. The second-order valence-corrected chi connectivity index (χ2v) is 3.47. The number of hydrogen-bond donors (Lipinski definition) is 2. The van der Waals surface area contributed by atoms with Gasteiger partial charge in [-0.25, -0.2) is 0 Å². The number of aromatic nitrogens is 3. The zero-order valence-electron chi connectivity index (χ0n) is 8.73. The highest BCUT2D eigenvalue weighted by Crippen LogP contribution is 2.29. The molecule has 2 rings (SSSR count). The van der Waals surface area contributed by atoms with Crippen LogP contribution in [0.4, 0.5) is 11.4 Å². The van der Waals surface area contributed by atoms with Gasteiger partial charge in [0, 0.05) is 18.8 Å². The third-order valence-corrected chi connectivity index (χ3v) is 2.48. The first-order valence-corrected chi connectivity index (χ1v) is 4.59. The van der Waals surface area contributed by atoms with E-state index in [1.165, 1.54) is 0 Å². The van der Waals surface area contributed by atoms with Crippen molar-refractivity contribution in [2.75, 3.05) is 11.5 Å². The summed E-state index contributed by atoms with van der Waals surface area (Å²) in [6.07, 6.45) is 5.00. The lowest BCUT2D eigenvalue weighted by molar-refractivity contribution is 0.775. The summed E-state index contributed by atoms with van der Waals surface area (Å²) in [7, 11) is 1.84. The molecule has 0 unspecified atom stereocenters. The van der Waals surface area contributed by atoms with E-state index in [-0.39, 0.29) is 0 Å². The van der Waals surface area contributed by atoms with Gasteiger partial charge < -0.3 is 11.5 Å². The topological polar surface area (TPSA) is 82.8 Å². The van der Waals surface area contributed by atoms with Crippen molar-refractivity contribution in [1.82, 2.24) is 14.8 Å². The molecule has 0 fully saturated rings. The smallest absolute Gasteiger partial charge is 0.0927 e. The summed E-state index contributed by atoms with van der Waals surface area (Å²) in [6.45, 7) is 1.94. The zero-order chi connectivity index (χ0) is 11.0. The van der Waals surface area contributed by atoms with Crippen molar-refractivity contribution < 1.29 is 0 Å². The largest absolute Gasteiger partial charge is 0.397 e. The Balaban J connectivity index is 2.69. The molecule has 0 aliphatic heterocycles. The predicted molar refractivity (Wildman–Crippen MR) is 60.0 cm³/mol. The van der Waals surface area contributed by atoms with Crippen molar-refractivity contribution >= 4 is 11.4 Å². The fourth-order valence-electron chi connectivity index (χ4n) is 1.56. The monoisotopic (exact) mass is 203 g/mol. The van der Waals surface area contributed by atoms with E-state index in [2.05, 4.69) is 10.1 Å². The van der Waals surface area contributed by atoms with E-state index < -0.39 is 0 Å². The molecule has 0 aliphatic carbocycles. The lowest BCUT2D eigenvalue weighted by atomic mass is 10.1. The minimum absolute atomic E-state index is 0.632. The van der Waals surface area contributed by atoms with Gasteiger partial charge in [-0.1, -0.05) is 0 Å². The molecule has 78 valence electrons. The molecule has 5 nitrogen and oxygen atoms in total. The number of anilines is 2. The first-order valence-electron chi connectivity index (χ1n) is 4.59. The van der Waals surface area contributed by atoms with Crippen LogP contribution >= 0.6 is 0 Å². The van der Waals surface area contributed by atoms with E-state index >= 15 is 0 Å². The number of aryl methyl sites for hydroxylation is 1. The molecule has 0 aliphatic rings. The first-order chi connectivity index (χ1) is 7.11. The highest BCUT2D eigenvalue weighted by atomic mass is 15.3. The molecule has 0 bridgehead atoms. The van der Waals surface area contributed by atoms with Crippen molar-refractivity contribution in [2.24, 2.45) is 7.05 Å². The maximum absolute atomic E-state index is 5.84. The van der Waals surface area contributed by atoms with Crippen LogP contribution in [0.15, 0.2) is 18.6 Å². The fourth-order valence-corrected chi connectivity index (χ4v) is 1.56. The third kappa shape index (κ3) is 1.41. The van der Waals surface area contributed by atoms with Crippen molar-refractivity contribution in [1.29, 1.82) is 0 Å². The van der Waals surface area contributed by atoms with Gasteiger partial charge in [0.2, 0.25) is 0 Å². The molecular weight excluding hydrogens is 190 g/mol. The number of hydrogen-bond acceptors (Lipinski definition) is 4. The van der Waals surface area contributed by atoms with Gasteiger partial charge in [0.15, 0.2) is 0 Å². The summed E-state index contributed by atoms with van der Waals surface area (Å²) in [4.78, 5) is 4.06. The Morgan fingerprint density at radius 3 is 2.47 bits per heavy atom. The number of nitrogens with zero attached hydrogens (tertiary/aromatic N) is 3. The lowest BCUT2D eigenvalue weighted by Crippen LogP contribution is -2.00. The van der Waals surface area contributed by atoms with Crippen LogP contribution in [0.5, 0.6) is 0 Å². The van der Waals surface area contributed by atoms with Crippen molar-refractivity contribution in [3.8, 4) is 11.3 Å². The Bertz CT molecular complexity index is 481. The van der Waals surface area contributed by atoms with Crippen LogP contribution in [0, 0.1) is 6.92 Å². The minimum Gasteiger partial charge on any atom is -0.397 e. The molecule has 15 heavy (non-hydrogen) atoms. The van der Waals surface area contributed by atoms with Gasteiger partial charge in [-0.05, 0) is 12.5 Å². The highest BCUT2D eigenvalue weighted by molar-refractivity contribution is 5.77. The molecule has 4 N–H and O–H groups in total. The molecule has 2 aromatic heterocycles. The number of nitrogens with two attached hydrogens (primary N) is 2. The summed E-state index contributed by atoms with van der Waals surface area (Å²) in [5.74, 6) is 0. The summed E-state index contributed by atoms with van der Waals surface area (Å²) < 4.78 is 1.72. The van der Waals surface area contributed by atoms with Gasteiger partial charge in [-0.2, -0.15) is 5.10 Å². The fraction of sp³-hybridized carbons (Fsp3) is 0.200. The van der Waals surface area contributed by atoms with E-state index in [1.807, 2.05) is 14.0 Å². The molecule has 2 aromatic rings. The van der Waals surface area contributed by atoms with Crippen LogP contribution in [0.2, 0.25) is 0 Å². The van der Waals surface area contributed by atoms with Crippen molar-refractivity contribution in [3.63, 3.8) is 0 Å². The second kappa shape index (κ2) is 3.27. The molecule has 2 heterocycles. The maximum Gasteiger partial charge on any atom is 0.0927 e. The molecule has 0 spiro atoms. The molecule has 0 amide bonds. The third-order valence-electron chi connectivity index (χ3n) is 2.48. The van der Waals surface area contributed by atoms with Crippen LogP contribution in [0.3, 0.4) is 0 Å². The molecule has 0 saturated heterocycles. The van der Waals surface area contributed by atoms with Gasteiger partial charge in [0.25, 0.3) is 0 Å². The van der Waals surface area contributed by atoms with Gasteiger partial charge in [-0.3, -0.25) is 9.67 Å².